The molecule has 0 radical (unpaired) electrons. The highest BCUT2D eigenvalue weighted by atomic mass is 35.5. The quantitative estimate of drug-likeness (QED) is 0.839. The highest BCUT2D eigenvalue weighted by Crippen LogP contribution is 2.42. The minimum Gasteiger partial charge on any atom is -0.488 e. The normalized spacial score (nSPS) is 16.2. The van der Waals surface area contributed by atoms with Crippen LogP contribution in [0.5, 0.6) is 5.75 Å². The lowest BCUT2D eigenvalue weighted by atomic mass is 10.0. The molecule has 3 rings (SSSR count). The first-order valence-electron chi connectivity index (χ1n) is 7.07. The summed E-state index contributed by atoms with van der Waals surface area (Å²) in [6.45, 7) is 2.35. The van der Waals surface area contributed by atoms with Crippen LogP contribution >= 0.6 is 11.6 Å². The number of carbonyl (C=O) groups excluding carboxylic acids is 1. The summed E-state index contributed by atoms with van der Waals surface area (Å²) in [5, 5.41) is 9.42. The zero-order valence-electron chi connectivity index (χ0n) is 12.1. The van der Waals surface area contributed by atoms with Gasteiger partial charge in [0, 0.05) is 11.4 Å². The van der Waals surface area contributed by atoms with Crippen molar-refractivity contribution in [1.29, 1.82) is 5.26 Å². The van der Waals surface area contributed by atoms with Crippen molar-refractivity contribution >= 4 is 17.4 Å². The largest absolute Gasteiger partial charge is 0.488 e. The molecule has 2 aromatic rings. The van der Waals surface area contributed by atoms with Crippen LogP contribution in [0.3, 0.4) is 0 Å². The molecule has 0 unspecified atom stereocenters. The standard InChI is InChI=1S/C18H14ClNO2/c1-11-8-15(21)18-16(7-6-14(19)17(11)18)22-10-13-4-2-12(9-20)3-5-13/h2-7,11H,8,10H2,1H3/t11-/m0/s1. The van der Waals surface area contributed by atoms with E-state index >= 15 is 0 Å². The molecule has 0 fully saturated rings. The van der Waals surface area contributed by atoms with Gasteiger partial charge in [0.1, 0.15) is 12.4 Å². The fraction of sp³-hybridized carbons (Fsp3) is 0.222. The summed E-state index contributed by atoms with van der Waals surface area (Å²) in [7, 11) is 0. The van der Waals surface area contributed by atoms with Gasteiger partial charge in [-0.3, -0.25) is 4.79 Å². The highest BCUT2D eigenvalue weighted by molar-refractivity contribution is 6.32. The van der Waals surface area contributed by atoms with Gasteiger partial charge in [-0.05, 0) is 41.3 Å². The molecular weight excluding hydrogens is 298 g/mol. The van der Waals surface area contributed by atoms with Crippen LogP contribution in [0.1, 0.15) is 46.3 Å². The van der Waals surface area contributed by atoms with Crippen molar-refractivity contribution in [3.05, 3.63) is 63.7 Å². The fourth-order valence-electron chi connectivity index (χ4n) is 2.78. The van der Waals surface area contributed by atoms with Crippen LogP contribution in [0.15, 0.2) is 36.4 Å². The Morgan fingerprint density at radius 1 is 1.27 bits per heavy atom. The second-order valence-corrected chi connectivity index (χ2v) is 5.87. The zero-order valence-corrected chi connectivity index (χ0v) is 12.9. The Bertz CT molecular complexity index is 775. The summed E-state index contributed by atoms with van der Waals surface area (Å²) in [5.74, 6) is 0.798. The molecule has 110 valence electrons. The van der Waals surface area contributed by atoms with E-state index in [-0.39, 0.29) is 11.7 Å². The smallest absolute Gasteiger partial charge is 0.167 e. The Morgan fingerprint density at radius 2 is 2.00 bits per heavy atom. The maximum absolute atomic E-state index is 12.2. The number of ether oxygens (including phenoxy) is 1. The van der Waals surface area contributed by atoms with Crippen molar-refractivity contribution in [2.24, 2.45) is 0 Å². The molecule has 0 saturated carbocycles. The van der Waals surface area contributed by atoms with E-state index in [0.717, 1.165) is 11.1 Å². The lowest BCUT2D eigenvalue weighted by Gasteiger charge is -2.12. The number of carbonyl (C=O) groups is 1. The number of fused-ring (bicyclic) bond motifs is 1. The van der Waals surface area contributed by atoms with E-state index in [2.05, 4.69) is 6.07 Å². The van der Waals surface area contributed by atoms with Crippen molar-refractivity contribution < 1.29 is 9.53 Å². The van der Waals surface area contributed by atoms with Gasteiger partial charge < -0.3 is 4.74 Å². The minimum atomic E-state index is 0.0832. The Balaban J connectivity index is 1.85. The lowest BCUT2D eigenvalue weighted by Crippen LogP contribution is -2.02. The Labute approximate surface area is 134 Å². The topological polar surface area (TPSA) is 50.1 Å². The van der Waals surface area contributed by atoms with E-state index in [1.165, 1.54) is 0 Å². The van der Waals surface area contributed by atoms with Crippen molar-refractivity contribution in [1.82, 2.24) is 0 Å². The van der Waals surface area contributed by atoms with Crippen LogP contribution < -0.4 is 4.74 Å². The molecule has 0 heterocycles. The van der Waals surface area contributed by atoms with Gasteiger partial charge in [0.2, 0.25) is 0 Å². The lowest BCUT2D eigenvalue weighted by molar-refractivity contribution is 0.0986. The van der Waals surface area contributed by atoms with E-state index < -0.39 is 0 Å². The van der Waals surface area contributed by atoms with Crippen molar-refractivity contribution in [2.45, 2.75) is 25.9 Å². The van der Waals surface area contributed by atoms with E-state index in [1.54, 1.807) is 24.3 Å². The van der Waals surface area contributed by atoms with E-state index in [9.17, 15) is 4.79 Å². The SMILES string of the molecule is C[C@H]1CC(=O)c2c(OCc3ccc(C#N)cc3)ccc(Cl)c21. The van der Waals surface area contributed by atoms with E-state index in [4.69, 9.17) is 21.6 Å². The molecule has 1 aliphatic carbocycles. The van der Waals surface area contributed by atoms with Crippen molar-refractivity contribution in [3.8, 4) is 11.8 Å². The first-order chi connectivity index (χ1) is 10.6. The number of halogens is 1. The van der Waals surface area contributed by atoms with Crippen molar-refractivity contribution in [2.75, 3.05) is 0 Å². The summed E-state index contributed by atoms with van der Waals surface area (Å²) >= 11 is 6.21. The van der Waals surface area contributed by atoms with Crippen LogP contribution in [-0.4, -0.2) is 5.78 Å². The minimum absolute atomic E-state index is 0.0832. The predicted octanol–water partition coefficient (Wildman–Crippen LogP) is 4.48. The molecule has 0 aromatic heterocycles. The fourth-order valence-corrected chi connectivity index (χ4v) is 3.13. The van der Waals surface area contributed by atoms with Crippen LogP contribution in [0.2, 0.25) is 5.02 Å². The van der Waals surface area contributed by atoms with Crippen LogP contribution in [-0.2, 0) is 6.61 Å². The predicted molar refractivity (Wildman–Crippen MR) is 84.3 cm³/mol. The highest BCUT2D eigenvalue weighted by Gasteiger charge is 2.31. The van der Waals surface area contributed by atoms with Crippen LogP contribution in [0, 0.1) is 11.3 Å². The Kier molecular flexibility index (Phi) is 3.87. The number of Topliss-reactive ketones (excluding diaryl/α,β-unsaturated/α-hetero) is 1. The summed E-state index contributed by atoms with van der Waals surface area (Å²) in [6, 6.07) is 12.8. The number of hydrogen-bond donors (Lipinski definition) is 0. The molecule has 0 spiro atoms. The van der Waals surface area contributed by atoms with Crippen LogP contribution in [0.4, 0.5) is 0 Å². The van der Waals surface area contributed by atoms with Crippen molar-refractivity contribution in [3.63, 3.8) is 0 Å². The average Bonchev–Trinajstić information content (AvgIpc) is 2.83. The van der Waals surface area contributed by atoms with Gasteiger partial charge in [-0.25, -0.2) is 0 Å². The zero-order chi connectivity index (χ0) is 15.7. The number of benzene rings is 2. The molecule has 1 atom stereocenters. The first-order valence-corrected chi connectivity index (χ1v) is 7.45. The second-order valence-electron chi connectivity index (χ2n) is 5.46. The van der Waals surface area contributed by atoms with Gasteiger partial charge in [0.05, 0.1) is 17.2 Å². The monoisotopic (exact) mass is 311 g/mol. The van der Waals surface area contributed by atoms with Gasteiger partial charge in [0.15, 0.2) is 5.78 Å². The second kappa shape index (κ2) is 5.82. The van der Waals surface area contributed by atoms with Gasteiger partial charge in [0.25, 0.3) is 0 Å². The molecule has 2 aromatic carbocycles. The third-order valence-electron chi connectivity index (χ3n) is 3.89. The maximum atomic E-state index is 12.2. The van der Waals surface area contributed by atoms with E-state index in [1.807, 2.05) is 19.1 Å². The number of nitrogens with zero attached hydrogens (tertiary/aromatic N) is 1. The average molecular weight is 312 g/mol. The first kappa shape index (κ1) is 14.6. The number of rotatable bonds is 3. The summed E-state index contributed by atoms with van der Waals surface area (Å²) in [5.41, 5.74) is 3.07. The molecule has 3 nitrogen and oxygen atoms in total. The molecule has 0 aliphatic heterocycles. The molecule has 1 aliphatic rings. The van der Waals surface area contributed by atoms with Gasteiger partial charge in [-0.2, -0.15) is 5.26 Å². The summed E-state index contributed by atoms with van der Waals surface area (Å²) in [4.78, 5) is 12.2. The number of ketones is 1. The molecule has 0 bridgehead atoms. The molecule has 0 N–H and O–H groups in total. The number of hydrogen-bond acceptors (Lipinski definition) is 3. The summed E-state index contributed by atoms with van der Waals surface area (Å²) < 4.78 is 5.82. The summed E-state index contributed by atoms with van der Waals surface area (Å²) in [6.07, 6.45) is 0.478. The third kappa shape index (κ3) is 2.58. The Hall–Kier alpha value is -2.31. The Morgan fingerprint density at radius 3 is 2.68 bits per heavy atom. The molecule has 0 amide bonds. The molecular formula is C18H14ClNO2. The van der Waals surface area contributed by atoms with Gasteiger partial charge >= 0.3 is 0 Å². The molecule has 22 heavy (non-hydrogen) atoms. The third-order valence-corrected chi connectivity index (χ3v) is 4.22. The van der Waals surface area contributed by atoms with Gasteiger partial charge in [-0.15, -0.1) is 0 Å². The van der Waals surface area contributed by atoms with Crippen LogP contribution in [0.25, 0.3) is 0 Å². The van der Waals surface area contributed by atoms with E-state index in [0.29, 0.717) is 34.9 Å². The number of nitriles is 1. The van der Waals surface area contributed by atoms with Gasteiger partial charge in [-0.1, -0.05) is 30.7 Å². The maximum Gasteiger partial charge on any atom is 0.167 e. The molecule has 4 heteroatoms. The molecule has 0 saturated heterocycles.